The van der Waals surface area contributed by atoms with Crippen molar-refractivity contribution < 1.29 is 22.4 Å². The van der Waals surface area contributed by atoms with Crippen LogP contribution in [0.4, 0.5) is 4.39 Å². The van der Waals surface area contributed by atoms with E-state index in [-0.39, 0.29) is 17.3 Å². The third-order valence-electron chi connectivity index (χ3n) is 2.86. The number of sulfonamides is 1. The van der Waals surface area contributed by atoms with Crippen molar-refractivity contribution in [3.63, 3.8) is 0 Å². The van der Waals surface area contributed by atoms with E-state index in [1.165, 1.54) is 33.1 Å². The van der Waals surface area contributed by atoms with E-state index in [2.05, 4.69) is 5.32 Å². The van der Waals surface area contributed by atoms with Crippen LogP contribution in [0.1, 0.15) is 10.4 Å². The van der Waals surface area contributed by atoms with Crippen molar-refractivity contribution in [3.05, 3.63) is 29.6 Å². The molecule has 1 N–H and O–H groups in total. The number of nitrogens with zero attached hydrogens (tertiary/aromatic N) is 2. The summed E-state index contributed by atoms with van der Waals surface area (Å²) in [4.78, 5) is 24.4. The summed E-state index contributed by atoms with van der Waals surface area (Å²) in [5.74, 6) is -2.10. The molecule has 1 aromatic carbocycles. The molecule has 0 saturated heterocycles. The number of hydrogen-bond donors (Lipinski definition) is 1. The van der Waals surface area contributed by atoms with Gasteiger partial charge in [-0.15, -0.1) is 0 Å². The molecule has 2 amide bonds. The molecule has 122 valence electrons. The summed E-state index contributed by atoms with van der Waals surface area (Å²) in [6, 6.07) is 2.92. The second-order valence-corrected chi connectivity index (χ2v) is 7.05. The maximum atomic E-state index is 13.7. The van der Waals surface area contributed by atoms with E-state index in [0.717, 1.165) is 22.5 Å². The Bertz CT molecular complexity index is 687. The predicted octanol–water partition coefficient (Wildman–Crippen LogP) is -0.106. The molecule has 0 atom stereocenters. The number of carbonyl (C=O) groups excluding carboxylic acids is 2. The molecule has 0 fully saturated rings. The van der Waals surface area contributed by atoms with Crippen molar-refractivity contribution in [2.24, 2.45) is 0 Å². The Hall–Kier alpha value is -2.00. The van der Waals surface area contributed by atoms with Crippen LogP contribution >= 0.6 is 0 Å². The zero-order valence-corrected chi connectivity index (χ0v) is 13.6. The normalized spacial score (nSPS) is 11.4. The van der Waals surface area contributed by atoms with E-state index in [1.54, 1.807) is 0 Å². The van der Waals surface area contributed by atoms with Crippen molar-refractivity contribution in [3.8, 4) is 0 Å². The van der Waals surface area contributed by atoms with Gasteiger partial charge in [0.15, 0.2) is 0 Å². The van der Waals surface area contributed by atoms with Gasteiger partial charge in [-0.05, 0) is 18.2 Å². The van der Waals surface area contributed by atoms with Gasteiger partial charge in [0.1, 0.15) is 5.82 Å². The van der Waals surface area contributed by atoms with Gasteiger partial charge in [0.25, 0.3) is 5.91 Å². The molecule has 0 unspecified atom stereocenters. The van der Waals surface area contributed by atoms with Gasteiger partial charge in [-0.3, -0.25) is 9.59 Å². The number of likely N-dealkylation sites (N-methyl/N-ethyl adjacent to an activating group) is 1. The lowest BCUT2D eigenvalue weighted by Crippen LogP contribution is -2.36. The molecule has 0 saturated carbocycles. The molecule has 0 aliphatic carbocycles. The molecule has 0 aliphatic heterocycles. The number of amides is 2. The number of hydrogen-bond acceptors (Lipinski definition) is 4. The van der Waals surface area contributed by atoms with Gasteiger partial charge in [0.2, 0.25) is 15.9 Å². The van der Waals surface area contributed by atoms with Gasteiger partial charge < -0.3 is 10.2 Å². The molecule has 0 aliphatic rings. The first-order chi connectivity index (χ1) is 10.1. The zero-order chi connectivity index (χ0) is 17.1. The Morgan fingerprint density at radius 1 is 1.18 bits per heavy atom. The highest BCUT2D eigenvalue weighted by Crippen LogP contribution is 2.17. The minimum Gasteiger partial charge on any atom is -0.347 e. The number of nitrogens with one attached hydrogen (secondary N) is 1. The molecule has 1 rings (SSSR count). The summed E-state index contributed by atoms with van der Waals surface area (Å²) in [5, 5.41) is 2.25. The first-order valence-corrected chi connectivity index (χ1v) is 7.71. The number of carbonyl (C=O) groups is 2. The summed E-state index contributed by atoms with van der Waals surface area (Å²) >= 11 is 0. The molecule has 9 heteroatoms. The molecule has 0 spiro atoms. The Labute approximate surface area is 128 Å². The second kappa shape index (κ2) is 6.84. The van der Waals surface area contributed by atoms with Crippen LogP contribution in [0.25, 0.3) is 0 Å². The fraction of sp³-hybridized carbons (Fsp3) is 0.385. The maximum Gasteiger partial charge on any atom is 0.254 e. The van der Waals surface area contributed by atoms with E-state index in [4.69, 9.17) is 0 Å². The first-order valence-electron chi connectivity index (χ1n) is 6.27. The molecule has 7 nitrogen and oxygen atoms in total. The minimum atomic E-state index is -3.78. The summed E-state index contributed by atoms with van der Waals surface area (Å²) < 4.78 is 38.7. The number of benzene rings is 1. The number of rotatable bonds is 5. The molecule has 0 aromatic heterocycles. The molecular weight excluding hydrogens is 313 g/mol. The van der Waals surface area contributed by atoms with E-state index >= 15 is 0 Å². The second-order valence-electron chi connectivity index (χ2n) is 4.90. The standard InChI is InChI=1S/C13H18FN3O4S/c1-16(2)12(18)8-15-13(19)10-7-9(5-6-11(10)14)22(20,21)17(3)4/h5-7H,8H2,1-4H3,(H,15,19). The largest absolute Gasteiger partial charge is 0.347 e. The predicted molar refractivity (Wildman–Crippen MR) is 78.3 cm³/mol. The van der Waals surface area contributed by atoms with E-state index in [9.17, 15) is 22.4 Å². The lowest BCUT2D eigenvalue weighted by Gasteiger charge is -2.13. The molecule has 22 heavy (non-hydrogen) atoms. The van der Waals surface area contributed by atoms with Crippen LogP contribution < -0.4 is 5.32 Å². The van der Waals surface area contributed by atoms with Crippen LogP contribution in [0, 0.1) is 5.82 Å². The number of halogens is 1. The third kappa shape index (κ3) is 4.01. The highest BCUT2D eigenvalue weighted by Gasteiger charge is 2.21. The maximum absolute atomic E-state index is 13.7. The van der Waals surface area contributed by atoms with Crippen LogP contribution in [-0.4, -0.2) is 64.2 Å². The van der Waals surface area contributed by atoms with Crippen molar-refractivity contribution in [1.29, 1.82) is 0 Å². The van der Waals surface area contributed by atoms with Crippen LogP contribution in [0.15, 0.2) is 23.1 Å². The minimum absolute atomic E-state index is 0.206. The van der Waals surface area contributed by atoms with E-state index in [0.29, 0.717) is 0 Å². The van der Waals surface area contributed by atoms with Gasteiger partial charge in [-0.25, -0.2) is 17.1 Å². The van der Waals surface area contributed by atoms with Gasteiger partial charge >= 0.3 is 0 Å². The lowest BCUT2D eigenvalue weighted by molar-refractivity contribution is -0.127. The van der Waals surface area contributed by atoms with Crippen molar-refractivity contribution in [2.45, 2.75) is 4.90 Å². The van der Waals surface area contributed by atoms with Gasteiger partial charge in [-0.1, -0.05) is 0 Å². The summed E-state index contributed by atoms with van der Waals surface area (Å²) in [6.45, 7) is -0.310. The molecular formula is C13H18FN3O4S. The van der Waals surface area contributed by atoms with Gasteiger partial charge in [0.05, 0.1) is 17.0 Å². The summed E-state index contributed by atoms with van der Waals surface area (Å²) in [5.41, 5.74) is -0.436. The summed E-state index contributed by atoms with van der Waals surface area (Å²) in [6.07, 6.45) is 0. The Kier molecular flexibility index (Phi) is 5.61. The SMILES string of the molecule is CN(C)C(=O)CNC(=O)c1cc(S(=O)(=O)N(C)C)ccc1F. The average Bonchev–Trinajstić information content (AvgIpc) is 2.44. The van der Waals surface area contributed by atoms with E-state index in [1.807, 2.05) is 0 Å². The van der Waals surface area contributed by atoms with Crippen molar-refractivity contribution in [2.75, 3.05) is 34.7 Å². The molecule has 0 heterocycles. The Morgan fingerprint density at radius 2 is 1.77 bits per heavy atom. The van der Waals surface area contributed by atoms with Crippen LogP contribution in [0.2, 0.25) is 0 Å². The zero-order valence-electron chi connectivity index (χ0n) is 12.8. The molecule has 0 radical (unpaired) electrons. The smallest absolute Gasteiger partial charge is 0.254 e. The average molecular weight is 331 g/mol. The van der Waals surface area contributed by atoms with Gasteiger partial charge in [0, 0.05) is 28.2 Å². The summed E-state index contributed by atoms with van der Waals surface area (Å²) in [7, 11) is 1.90. The lowest BCUT2D eigenvalue weighted by atomic mass is 10.2. The molecule has 0 bridgehead atoms. The van der Waals surface area contributed by atoms with Crippen LogP contribution in [0.3, 0.4) is 0 Å². The fourth-order valence-corrected chi connectivity index (χ4v) is 2.39. The van der Waals surface area contributed by atoms with Crippen LogP contribution in [-0.2, 0) is 14.8 Å². The first kappa shape index (κ1) is 18.1. The Morgan fingerprint density at radius 3 is 2.27 bits per heavy atom. The van der Waals surface area contributed by atoms with E-state index < -0.39 is 27.3 Å². The van der Waals surface area contributed by atoms with Crippen LogP contribution in [0.5, 0.6) is 0 Å². The Balaban J connectivity index is 3.05. The topological polar surface area (TPSA) is 86.8 Å². The highest BCUT2D eigenvalue weighted by atomic mass is 32.2. The monoisotopic (exact) mass is 331 g/mol. The van der Waals surface area contributed by atoms with Crippen molar-refractivity contribution >= 4 is 21.8 Å². The van der Waals surface area contributed by atoms with Gasteiger partial charge in [-0.2, -0.15) is 0 Å². The fourth-order valence-electron chi connectivity index (χ4n) is 1.46. The molecule has 1 aromatic rings. The quantitative estimate of drug-likeness (QED) is 0.816. The third-order valence-corrected chi connectivity index (χ3v) is 4.67. The van der Waals surface area contributed by atoms with Crippen molar-refractivity contribution in [1.82, 2.24) is 14.5 Å². The highest BCUT2D eigenvalue weighted by molar-refractivity contribution is 7.89.